The standard InChI is InChI=1S/C15H14N2S/c16-14-13(11-7-3-1-4-8-11)17-15(18-14)12-9-5-2-6-10-12/h1-10,15,17H,16H2. The Kier molecular flexibility index (Phi) is 2.99. The topological polar surface area (TPSA) is 38.0 Å². The average molecular weight is 254 g/mol. The van der Waals surface area contributed by atoms with Gasteiger partial charge in [-0.3, -0.25) is 0 Å². The van der Waals surface area contributed by atoms with Crippen molar-refractivity contribution >= 4 is 17.5 Å². The van der Waals surface area contributed by atoms with Crippen molar-refractivity contribution in [1.82, 2.24) is 5.32 Å². The van der Waals surface area contributed by atoms with E-state index in [-0.39, 0.29) is 5.37 Å². The quantitative estimate of drug-likeness (QED) is 0.863. The number of hydrogen-bond donors (Lipinski definition) is 2. The highest BCUT2D eigenvalue weighted by atomic mass is 32.2. The molecule has 0 bridgehead atoms. The van der Waals surface area contributed by atoms with Crippen LogP contribution in [0.2, 0.25) is 0 Å². The lowest BCUT2D eigenvalue weighted by Gasteiger charge is -2.12. The summed E-state index contributed by atoms with van der Waals surface area (Å²) in [5.41, 5.74) is 9.54. The van der Waals surface area contributed by atoms with Crippen molar-refractivity contribution in [3.63, 3.8) is 0 Å². The normalized spacial score (nSPS) is 18.8. The molecule has 2 aromatic rings. The first-order valence-electron chi connectivity index (χ1n) is 5.88. The number of thioether (sulfide) groups is 1. The number of nitrogens with one attached hydrogen (secondary N) is 1. The SMILES string of the molecule is NC1=C(c2ccccc2)NC(c2ccccc2)S1. The minimum absolute atomic E-state index is 0.210. The summed E-state index contributed by atoms with van der Waals surface area (Å²) in [4.78, 5) is 0. The molecule has 0 fully saturated rings. The minimum Gasteiger partial charge on any atom is -0.392 e. The van der Waals surface area contributed by atoms with E-state index < -0.39 is 0 Å². The highest BCUT2D eigenvalue weighted by molar-refractivity contribution is 8.03. The molecule has 0 saturated heterocycles. The van der Waals surface area contributed by atoms with Crippen LogP contribution in [0.3, 0.4) is 0 Å². The van der Waals surface area contributed by atoms with Crippen molar-refractivity contribution in [2.75, 3.05) is 0 Å². The van der Waals surface area contributed by atoms with E-state index in [0.29, 0.717) is 0 Å². The first kappa shape index (κ1) is 11.2. The molecule has 0 aromatic heterocycles. The Hall–Kier alpha value is -1.87. The summed E-state index contributed by atoms with van der Waals surface area (Å²) in [5, 5.41) is 4.56. The Bertz CT molecular complexity index is 564. The number of benzene rings is 2. The minimum atomic E-state index is 0.210. The summed E-state index contributed by atoms with van der Waals surface area (Å²) in [6.07, 6.45) is 0. The van der Waals surface area contributed by atoms with Crippen molar-refractivity contribution in [2.45, 2.75) is 5.37 Å². The summed E-state index contributed by atoms with van der Waals surface area (Å²) in [6.45, 7) is 0. The number of nitrogens with two attached hydrogens (primary N) is 1. The molecule has 90 valence electrons. The van der Waals surface area contributed by atoms with Crippen molar-refractivity contribution in [3.05, 3.63) is 76.8 Å². The monoisotopic (exact) mass is 254 g/mol. The predicted molar refractivity (Wildman–Crippen MR) is 77.5 cm³/mol. The zero-order chi connectivity index (χ0) is 12.4. The van der Waals surface area contributed by atoms with E-state index in [0.717, 1.165) is 16.3 Å². The maximum Gasteiger partial charge on any atom is 0.104 e. The fraction of sp³-hybridized carbons (Fsp3) is 0.0667. The van der Waals surface area contributed by atoms with Gasteiger partial charge in [0.15, 0.2) is 0 Å². The van der Waals surface area contributed by atoms with Crippen molar-refractivity contribution < 1.29 is 0 Å². The number of rotatable bonds is 2. The van der Waals surface area contributed by atoms with Crippen molar-refractivity contribution in [2.24, 2.45) is 5.73 Å². The van der Waals surface area contributed by atoms with Gasteiger partial charge in [0.05, 0.1) is 10.7 Å². The van der Waals surface area contributed by atoms with Crippen LogP contribution in [0.4, 0.5) is 0 Å². The van der Waals surface area contributed by atoms with Gasteiger partial charge in [0.1, 0.15) is 5.37 Å². The van der Waals surface area contributed by atoms with Crippen LogP contribution in [0.1, 0.15) is 16.5 Å². The molecule has 1 aliphatic rings. The van der Waals surface area contributed by atoms with Gasteiger partial charge in [0.2, 0.25) is 0 Å². The second kappa shape index (κ2) is 4.78. The molecule has 3 N–H and O–H groups in total. The smallest absolute Gasteiger partial charge is 0.104 e. The fourth-order valence-corrected chi connectivity index (χ4v) is 3.05. The molecule has 2 aromatic carbocycles. The third-order valence-corrected chi connectivity index (χ3v) is 4.02. The molecule has 18 heavy (non-hydrogen) atoms. The molecular weight excluding hydrogens is 240 g/mol. The zero-order valence-electron chi connectivity index (χ0n) is 9.84. The predicted octanol–water partition coefficient (Wildman–Crippen LogP) is 3.31. The summed E-state index contributed by atoms with van der Waals surface area (Å²) < 4.78 is 0. The van der Waals surface area contributed by atoms with Crippen molar-refractivity contribution in [1.29, 1.82) is 0 Å². The zero-order valence-corrected chi connectivity index (χ0v) is 10.7. The van der Waals surface area contributed by atoms with Gasteiger partial charge in [0, 0.05) is 5.56 Å². The second-order valence-electron chi connectivity index (χ2n) is 4.16. The van der Waals surface area contributed by atoms with E-state index in [2.05, 4.69) is 29.6 Å². The van der Waals surface area contributed by atoms with Crippen LogP contribution in [0.15, 0.2) is 65.7 Å². The van der Waals surface area contributed by atoms with Gasteiger partial charge in [0.25, 0.3) is 0 Å². The van der Waals surface area contributed by atoms with Gasteiger partial charge in [-0.1, -0.05) is 72.4 Å². The van der Waals surface area contributed by atoms with Gasteiger partial charge in [-0.15, -0.1) is 0 Å². The van der Waals surface area contributed by atoms with Crippen LogP contribution in [-0.2, 0) is 0 Å². The number of hydrogen-bond acceptors (Lipinski definition) is 3. The van der Waals surface area contributed by atoms with Gasteiger partial charge < -0.3 is 11.1 Å². The van der Waals surface area contributed by atoms with E-state index in [9.17, 15) is 0 Å². The van der Waals surface area contributed by atoms with Crippen LogP contribution < -0.4 is 11.1 Å². The first-order chi connectivity index (χ1) is 8.84. The van der Waals surface area contributed by atoms with Crippen LogP contribution in [0.5, 0.6) is 0 Å². The summed E-state index contributed by atoms with van der Waals surface area (Å²) >= 11 is 1.67. The van der Waals surface area contributed by atoms with Crippen LogP contribution in [-0.4, -0.2) is 0 Å². The van der Waals surface area contributed by atoms with E-state index in [1.54, 1.807) is 11.8 Å². The highest BCUT2D eigenvalue weighted by Gasteiger charge is 2.24. The molecule has 3 heteroatoms. The third kappa shape index (κ3) is 2.09. The molecular formula is C15H14N2S. The van der Waals surface area contributed by atoms with Gasteiger partial charge in [-0.2, -0.15) is 0 Å². The molecule has 0 amide bonds. The molecule has 3 rings (SSSR count). The van der Waals surface area contributed by atoms with Gasteiger partial charge in [-0.05, 0) is 5.56 Å². The Morgan fingerprint density at radius 3 is 2.17 bits per heavy atom. The first-order valence-corrected chi connectivity index (χ1v) is 6.76. The average Bonchev–Trinajstić information content (AvgIpc) is 2.83. The van der Waals surface area contributed by atoms with Crippen LogP contribution in [0, 0.1) is 0 Å². The maximum atomic E-state index is 6.12. The molecule has 2 nitrogen and oxygen atoms in total. The largest absolute Gasteiger partial charge is 0.392 e. The van der Waals surface area contributed by atoms with Crippen LogP contribution in [0.25, 0.3) is 5.70 Å². The Labute approximate surface area is 111 Å². The van der Waals surface area contributed by atoms with E-state index >= 15 is 0 Å². The Morgan fingerprint density at radius 2 is 1.50 bits per heavy atom. The lowest BCUT2D eigenvalue weighted by atomic mass is 10.1. The maximum absolute atomic E-state index is 6.12. The lowest BCUT2D eigenvalue weighted by molar-refractivity contribution is 0.879. The summed E-state index contributed by atoms with van der Waals surface area (Å²) in [7, 11) is 0. The lowest BCUT2D eigenvalue weighted by Crippen LogP contribution is -2.12. The third-order valence-electron chi connectivity index (χ3n) is 2.93. The molecule has 1 heterocycles. The van der Waals surface area contributed by atoms with E-state index in [1.807, 2.05) is 36.4 Å². The van der Waals surface area contributed by atoms with Crippen molar-refractivity contribution in [3.8, 4) is 0 Å². The molecule has 1 aliphatic heterocycles. The molecule has 0 radical (unpaired) electrons. The fourth-order valence-electron chi connectivity index (χ4n) is 2.03. The van der Waals surface area contributed by atoms with Crippen LogP contribution >= 0.6 is 11.8 Å². The molecule has 1 atom stereocenters. The Morgan fingerprint density at radius 1 is 0.889 bits per heavy atom. The van der Waals surface area contributed by atoms with Gasteiger partial charge >= 0.3 is 0 Å². The molecule has 0 saturated carbocycles. The van der Waals surface area contributed by atoms with Gasteiger partial charge in [-0.25, -0.2) is 0 Å². The second-order valence-corrected chi connectivity index (χ2v) is 5.31. The highest BCUT2D eigenvalue weighted by Crippen LogP contribution is 2.40. The van der Waals surface area contributed by atoms with E-state index in [1.165, 1.54) is 5.56 Å². The Balaban J connectivity index is 1.86. The van der Waals surface area contributed by atoms with E-state index in [4.69, 9.17) is 5.73 Å². The summed E-state index contributed by atoms with van der Waals surface area (Å²) in [6, 6.07) is 20.6. The molecule has 1 unspecified atom stereocenters. The molecule has 0 spiro atoms. The summed E-state index contributed by atoms with van der Waals surface area (Å²) in [5.74, 6) is 0. The molecule has 0 aliphatic carbocycles.